The van der Waals surface area contributed by atoms with Crippen LogP contribution in [0.2, 0.25) is 0 Å². The van der Waals surface area contributed by atoms with Gasteiger partial charge >= 0.3 is 0 Å². The average Bonchev–Trinajstić information content (AvgIpc) is 2.53. The molecule has 0 radical (unpaired) electrons. The first-order valence-electron chi connectivity index (χ1n) is 6.47. The molecule has 0 atom stereocenters. The summed E-state index contributed by atoms with van der Waals surface area (Å²) in [6.45, 7) is 0. The smallest absolute Gasteiger partial charge is 0.266 e. The molecule has 0 saturated heterocycles. The van der Waals surface area contributed by atoms with Crippen molar-refractivity contribution in [3.63, 3.8) is 0 Å². The summed E-state index contributed by atoms with van der Waals surface area (Å²) in [5, 5.41) is 0. The maximum atomic E-state index is 13.8. The van der Waals surface area contributed by atoms with Crippen molar-refractivity contribution in [2.24, 2.45) is 0 Å². The van der Waals surface area contributed by atoms with Gasteiger partial charge in [0.15, 0.2) is 11.5 Å². The third-order valence-electron chi connectivity index (χ3n) is 3.26. The summed E-state index contributed by atoms with van der Waals surface area (Å²) in [6, 6.07) is 6.75. The summed E-state index contributed by atoms with van der Waals surface area (Å²) in [7, 11) is -0.0627. The SMILES string of the molecule is COc1ccc(N(C)S(=O)(=O)c2ccc(F)cc2F)cc1OC. The summed E-state index contributed by atoms with van der Waals surface area (Å²) in [6.07, 6.45) is 0. The molecule has 0 heterocycles. The number of anilines is 1. The minimum absolute atomic E-state index is 0.242. The molecule has 5 nitrogen and oxygen atoms in total. The van der Waals surface area contributed by atoms with E-state index in [9.17, 15) is 17.2 Å². The summed E-state index contributed by atoms with van der Waals surface area (Å²) in [5.41, 5.74) is 0.242. The summed E-state index contributed by atoms with van der Waals surface area (Å²) < 4.78 is 62.9. The highest BCUT2D eigenvalue weighted by Crippen LogP contribution is 2.33. The molecule has 2 aromatic rings. The van der Waals surface area contributed by atoms with Crippen molar-refractivity contribution < 1.29 is 26.7 Å². The van der Waals surface area contributed by atoms with Crippen molar-refractivity contribution in [1.29, 1.82) is 0 Å². The van der Waals surface area contributed by atoms with Crippen LogP contribution in [0.15, 0.2) is 41.3 Å². The van der Waals surface area contributed by atoms with Gasteiger partial charge in [-0.1, -0.05) is 0 Å². The van der Waals surface area contributed by atoms with Crippen molar-refractivity contribution in [3.8, 4) is 11.5 Å². The number of benzene rings is 2. The maximum Gasteiger partial charge on any atom is 0.266 e. The Balaban J connectivity index is 2.48. The number of sulfonamides is 1. The maximum absolute atomic E-state index is 13.8. The first kappa shape index (κ1) is 17.0. The molecule has 0 unspecified atom stereocenters. The third kappa shape index (κ3) is 3.21. The molecule has 2 rings (SSSR count). The lowest BCUT2D eigenvalue weighted by molar-refractivity contribution is 0.355. The minimum Gasteiger partial charge on any atom is -0.493 e. The summed E-state index contributed by atoms with van der Waals surface area (Å²) >= 11 is 0. The van der Waals surface area contributed by atoms with Crippen LogP contribution in [0.4, 0.5) is 14.5 Å². The molecule has 0 aliphatic rings. The van der Waals surface area contributed by atoms with Crippen LogP contribution in [-0.4, -0.2) is 29.7 Å². The number of rotatable bonds is 5. The Bertz CT molecular complexity index is 824. The van der Waals surface area contributed by atoms with E-state index in [-0.39, 0.29) is 5.69 Å². The topological polar surface area (TPSA) is 55.8 Å². The van der Waals surface area contributed by atoms with E-state index in [1.807, 2.05) is 0 Å². The number of ether oxygens (including phenoxy) is 2. The van der Waals surface area contributed by atoms with Crippen molar-refractivity contribution in [2.75, 3.05) is 25.6 Å². The van der Waals surface area contributed by atoms with Crippen LogP contribution >= 0.6 is 0 Å². The third-order valence-corrected chi connectivity index (χ3v) is 5.08. The molecule has 0 aliphatic heterocycles. The highest BCUT2D eigenvalue weighted by atomic mass is 32.2. The molecule has 0 amide bonds. The summed E-state index contributed by atoms with van der Waals surface area (Å²) in [5.74, 6) is -1.26. The molecule has 23 heavy (non-hydrogen) atoms. The van der Waals surface area contributed by atoms with E-state index in [0.29, 0.717) is 17.6 Å². The molecule has 0 aromatic heterocycles. The van der Waals surface area contributed by atoms with E-state index < -0.39 is 26.6 Å². The van der Waals surface area contributed by atoms with Crippen molar-refractivity contribution in [3.05, 3.63) is 48.0 Å². The van der Waals surface area contributed by atoms with Crippen LogP contribution in [0.3, 0.4) is 0 Å². The van der Waals surface area contributed by atoms with Crippen molar-refractivity contribution in [1.82, 2.24) is 0 Å². The highest BCUT2D eigenvalue weighted by molar-refractivity contribution is 7.92. The van der Waals surface area contributed by atoms with Crippen LogP contribution in [0.25, 0.3) is 0 Å². The van der Waals surface area contributed by atoms with E-state index in [1.165, 1.54) is 39.5 Å². The van der Waals surface area contributed by atoms with E-state index in [2.05, 4.69) is 0 Å². The van der Waals surface area contributed by atoms with Crippen molar-refractivity contribution >= 4 is 15.7 Å². The number of nitrogens with zero attached hydrogens (tertiary/aromatic N) is 1. The molecule has 0 spiro atoms. The van der Waals surface area contributed by atoms with Gasteiger partial charge < -0.3 is 9.47 Å². The Morgan fingerprint density at radius 2 is 1.61 bits per heavy atom. The quantitative estimate of drug-likeness (QED) is 0.838. The van der Waals surface area contributed by atoms with Gasteiger partial charge in [-0.05, 0) is 24.3 Å². The molecule has 0 bridgehead atoms. The Kier molecular flexibility index (Phi) is 4.74. The van der Waals surface area contributed by atoms with Gasteiger partial charge in [-0.3, -0.25) is 4.31 Å². The van der Waals surface area contributed by atoms with Gasteiger partial charge in [0.05, 0.1) is 19.9 Å². The van der Waals surface area contributed by atoms with Gasteiger partial charge in [0, 0.05) is 19.2 Å². The molecular weight excluding hydrogens is 328 g/mol. The molecule has 2 aromatic carbocycles. The van der Waals surface area contributed by atoms with Gasteiger partial charge in [0.25, 0.3) is 10.0 Å². The second kappa shape index (κ2) is 6.41. The van der Waals surface area contributed by atoms with E-state index in [0.717, 1.165) is 16.4 Å². The molecule has 8 heteroatoms. The Labute approximate surface area is 133 Å². The predicted octanol–water partition coefficient (Wildman–Crippen LogP) is 2.81. The minimum atomic E-state index is -4.19. The standard InChI is InChI=1S/C15H15F2NO4S/c1-18(11-5-6-13(21-2)14(9-11)22-3)23(19,20)15-7-4-10(16)8-12(15)17/h4-9H,1-3H3. The second-order valence-electron chi connectivity index (χ2n) is 4.59. The molecule has 0 saturated carbocycles. The zero-order chi connectivity index (χ0) is 17.2. The molecule has 0 N–H and O–H groups in total. The zero-order valence-electron chi connectivity index (χ0n) is 12.7. The fourth-order valence-corrected chi connectivity index (χ4v) is 3.22. The summed E-state index contributed by atoms with van der Waals surface area (Å²) in [4.78, 5) is -0.615. The fraction of sp³-hybridized carbons (Fsp3) is 0.200. The van der Waals surface area contributed by atoms with Gasteiger partial charge in [-0.2, -0.15) is 0 Å². The lowest BCUT2D eigenvalue weighted by Gasteiger charge is -2.21. The van der Waals surface area contributed by atoms with Crippen LogP contribution in [0.5, 0.6) is 11.5 Å². The number of methoxy groups -OCH3 is 2. The van der Waals surface area contributed by atoms with Gasteiger partial charge in [0.2, 0.25) is 0 Å². The number of hydrogen-bond donors (Lipinski definition) is 0. The Morgan fingerprint density at radius 1 is 0.957 bits per heavy atom. The largest absolute Gasteiger partial charge is 0.493 e. The Morgan fingerprint density at radius 3 is 2.17 bits per heavy atom. The molecule has 124 valence electrons. The van der Waals surface area contributed by atoms with E-state index in [1.54, 1.807) is 0 Å². The van der Waals surface area contributed by atoms with E-state index in [4.69, 9.17) is 9.47 Å². The van der Waals surface area contributed by atoms with Gasteiger partial charge in [-0.15, -0.1) is 0 Å². The lowest BCUT2D eigenvalue weighted by atomic mass is 10.3. The van der Waals surface area contributed by atoms with Crippen LogP contribution < -0.4 is 13.8 Å². The van der Waals surface area contributed by atoms with Crippen molar-refractivity contribution in [2.45, 2.75) is 4.90 Å². The number of halogens is 2. The lowest BCUT2D eigenvalue weighted by Crippen LogP contribution is -2.27. The normalized spacial score (nSPS) is 11.2. The average molecular weight is 343 g/mol. The molecule has 0 fully saturated rings. The fourth-order valence-electron chi connectivity index (χ4n) is 1.99. The van der Waals surface area contributed by atoms with Gasteiger partial charge in [0.1, 0.15) is 16.5 Å². The molecule has 0 aliphatic carbocycles. The zero-order valence-corrected chi connectivity index (χ0v) is 13.5. The first-order chi connectivity index (χ1) is 10.8. The van der Waals surface area contributed by atoms with Crippen LogP contribution in [-0.2, 0) is 10.0 Å². The Hall–Kier alpha value is -2.35. The monoisotopic (exact) mass is 343 g/mol. The van der Waals surface area contributed by atoms with E-state index >= 15 is 0 Å². The highest BCUT2D eigenvalue weighted by Gasteiger charge is 2.26. The van der Waals surface area contributed by atoms with Crippen LogP contribution in [0.1, 0.15) is 0 Å². The number of hydrogen-bond acceptors (Lipinski definition) is 4. The first-order valence-corrected chi connectivity index (χ1v) is 7.91. The predicted molar refractivity (Wildman–Crippen MR) is 81.5 cm³/mol. The second-order valence-corrected chi connectivity index (χ2v) is 6.52. The van der Waals surface area contributed by atoms with Crippen LogP contribution in [0, 0.1) is 11.6 Å². The van der Waals surface area contributed by atoms with Gasteiger partial charge in [-0.25, -0.2) is 17.2 Å². The molecular formula is C15H15F2NO4S.